The minimum Gasteiger partial charge on any atom is -0.305 e. The van der Waals surface area contributed by atoms with Crippen molar-refractivity contribution in [2.24, 2.45) is 17.7 Å². The van der Waals surface area contributed by atoms with Gasteiger partial charge in [-0.05, 0) is 25.8 Å². The second-order valence-electron chi connectivity index (χ2n) is 4.07. The summed E-state index contributed by atoms with van der Waals surface area (Å²) < 4.78 is 0. The smallest absolute Gasteiger partial charge is 0.237 e. The maximum absolute atomic E-state index is 11.1. The topological polar surface area (TPSA) is 58.4 Å². The molecule has 1 aliphatic rings. The minimum atomic E-state index is -0.0809. The van der Waals surface area contributed by atoms with Crippen molar-refractivity contribution in [3.05, 3.63) is 0 Å². The lowest BCUT2D eigenvalue weighted by Gasteiger charge is -2.19. The molecule has 0 aromatic carbocycles. The normalized spacial score (nSPS) is 18.8. The van der Waals surface area contributed by atoms with Crippen LogP contribution in [0.15, 0.2) is 0 Å². The Labute approximate surface area is 79.4 Å². The van der Waals surface area contributed by atoms with Crippen LogP contribution in [-0.4, -0.2) is 30.9 Å². The van der Waals surface area contributed by atoms with E-state index in [1.165, 1.54) is 12.8 Å². The largest absolute Gasteiger partial charge is 0.305 e. The number of rotatable bonds is 5. The summed E-state index contributed by atoms with van der Waals surface area (Å²) in [6, 6.07) is 0. The molecular weight excluding hydrogens is 166 g/mol. The van der Waals surface area contributed by atoms with Crippen LogP contribution in [0.1, 0.15) is 19.8 Å². The van der Waals surface area contributed by atoms with Gasteiger partial charge >= 0.3 is 0 Å². The molecule has 1 unspecified atom stereocenters. The first kappa shape index (κ1) is 10.5. The maximum atomic E-state index is 11.1. The van der Waals surface area contributed by atoms with E-state index in [0.717, 1.165) is 19.0 Å². The minimum absolute atomic E-state index is 0.0197. The molecule has 0 aromatic heterocycles. The summed E-state index contributed by atoms with van der Waals surface area (Å²) in [6.07, 6.45) is 2.70. The van der Waals surface area contributed by atoms with Crippen LogP contribution in [0.25, 0.3) is 0 Å². The molecule has 0 radical (unpaired) electrons. The third-order valence-electron chi connectivity index (χ3n) is 2.44. The average molecular weight is 185 g/mol. The van der Waals surface area contributed by atoms with Crippen molar-refractivity contribution in [1.82, 2.24) is 10.3 Å². The molecule has 1 saturated carbocycles. The third kappa shape index (κ3) is 3.74. The highest BCUT2D eigenvalue weighted by atomic mass is 16.2. The molecule has 1 rings (SSSR count). The van der Waals surface area contributed by atoms with Gasteiger partial charge in [0.1, 0.15) is 0 Å². The third-order valence-corrected chi connectivity index (χ3v) is 2.44. The molecule has 4 heteroatoms. The quantitative estimate of drug-likeness (QED) is 0.359. The van der Waals surface area contributed by atoms with E-state index >= 15 is 0 Å². The first-order valence-corrected chi connectivity index (χ1v) is 4.82. The second-order valence-corrected chi connectivity index (χ2v) is 4.07. The number of nitrogens with one attached hydrogen (secondary N) is 1. The van der Waals surface area contributed by atoms with E-state index in [1.807, 2.05) is 6.92 Å². The molecule has 0 bridgehead atoms. The number of nitrogens with zero attached hydrogens (tertiary/aromatic N) is 1. The molecule has 1 atom stereocenters. The fraction of sp³-hybridized carbons (Fsp3) is 0.889. The van der Waals surface area contributed by atoms with Gasteiger partial charge in [-0.1, -0.05) is 6.92 Å². The zero-order valence-electron chi connectivity index (χ0n) is 8.42. The van der Waals surface area contributed by atoms with Gasteiger partial charge in [0.25, 0.3) is 0 Å². The molecular formula is C9H19N3O. The van der Waals surface area contributed by atoms with Gasteiger partial charge in [0.2, 0.25) is 5.91 Å². The van der Waals surface area contributed by atoms with Crippen molar-refractivity contribution in [1.29, 1.82) is 0 Å². The van der Waals surface area contributed by atoms with E-state index in [-0.39, 0.29) is 11.8 Å². The van der Waals surface area contributed by atoms with Crippen molar-refractivity contribution in [3.8, 4) is 0 Å². The SMILES string of the molecule is CC(CN(C)CC1CC1)C(=O)NN. The highest BCUT2D eigenvalue weighted by molar-refractivity contribution is 5.77. The van der Waals surface area contributed by atoms with Crippen LogP contribution in [0.4, 0.5) is 0 Å². The predicted molar refractivity (Wildman–Crippen MR) is 51.7 cm³/mol. The maximum Gasteiger partial charge on any atom is 0.237 e. The molecule has 0 aromatic rings. The molecule has 1 aliphatic carbocycles. The van der Waals surface area contributed by atoms with Crippen LogP contribution in [0, 0.1) is 11.8 Å². The van der Waals surface area contributed by atoms with Crippen molar-refractivity contribution < 1.29 is 4.79 Å². The Hall–Kier alpha value is -0.610. The van der Waals surface area contributed by atoms with Crippen LogP contribution in [0.2, 0.25) is 0 Å². The number of hydrogen-bond acceptors (Lipinski definition) is 3. The molecule has 1 fully saturated rings. The van der Waals surface area contributed by atoms with Crippen molar-refractivity contribution >= 4 is 5.91 Å². The summed E-state index contributed by atoms with van der Waals surface area (Å²) in [5, 5.41) is 0. The Morgan fingerprint density at radius 1 is 1.69 bits per heavy atom. The Bertz CT molecular complexity index is 180. The Balaban J connectivity index is 2.17. The summed E-state index contributed by atoms with van der Waals surface area (Å²) in [6.45, 7) is 3.80. The van der Waals surface area contributed by atoms with Crippen molar-refractivity contribution in [3.63, 3.8) is 0 Å². The number of carbonyl (C=O) groups excluding carboxylic acids is 1. The molecule has 0 heterocycles. The summed E-state index contributed by atoms with van der Waals surface area (Å²) in [7, 11) is 2.05. The lowest BCUT2D eigenvalue weighted by molar-refractivity contribution is -0.125. The standard InChI is InChI=1S/C9H19N3O/c1-7(9(13)11-10)5-12(2)6-8-3-4-8/h7-8H,3-6,10H2,1-2H3,(H,11,13). The van der Waals surface area contributed by atoms with Crippen LogP contribution in [-0.2, 0) is 4.79 Å². The van der Waals surface area contributed by atoms with Gasteiger partial charge in [-0.15, -0.1) is 0 Å². The molecule has 4 nitrogen and oxygen atoms in total. The summed E-state index contributed by atoms with van der Waals surface area (Å²) >= 11 is 0. The fourth-order valence-corrected chi connectivity index (χ4v) is 1.51. The average Bonchev–Trinajstić information content (AvgIpc) is 2.86. The number of hydrogen-bond donors (Lipinski definition) is 2. The summed E-state index contributed by atoms with van der Waals surface area (Å²) in [4.78, 5) is 13.3. The monoisotopic (exact) mass is 185 g/mol. The number of hydrazine groups is 1. The van der Waals surface area contributed by atoms with Gasteiger partial charge in [0, 0.05) is 19.0 Å². The van der Waals surface area contributed by atoms with Gasteiger partial charge in [-0.2, -0.15) is 0 Å². The first-order valence-electron chi connectivity index (χ1n) is 4.82. The van der Waals surface area contributed by atoms with Crippen molar-refractivity contribution in [2.75, 3.05) is 20.1 Å². The highest BCUT2D eigenvalue weighted by Gasteiger charge is 2.24. The number of amides is 1. The fourth-order valence-electron chi connectivity index (χ4n) is 1.51. The van der Waals surface area contributed by atoms with Gasteiger partial charge < -0.3 is 4.90 Å². The molecule has 0 spiro atoms. The lowest BCUT2D eigenvalue weighted by Crippen LogP contribution is -2.39. The zero-order valence-corrected chi connectivity index (χ0v) is 8.42. The zero-order chi connectivity index (χ0) is 9.84. The highest BCUT2D eigenvalue weighted by Crippen LogP contribution is 2.29. The van der Waals surface area contributed by atoms with Gasteiger partial charge in [0.05, 0.1) is 0 Å². The van der Waals surface area contributed by atoms with E-state index < -0.39 is 0 Å². The second kappa shape index (κ2) is 4.58. The molecule has 76 valence electrons. The summed E-state index contributed by atoms with van der Waals surface area (Å²) in [5.41, 5.74) is 2.17. The summed E-state index contributed by atoms with van der Waals surface area (Å²) in [5.74, 6) is 5.82. The van der Waals surface area contributed by atoms with E-state index in [4.69, 9.17) is 5.84 Å². The van der Waals surface area contributed by atoms with E-state index in [2.05, 4.69) is 17.4 Å². The van der Waals surface area contributed by atoms with Crippen molar-refractivity contribution in [2.45, 2.75) is 19.8 Å². The molecule has 0 saturated heterocycles. The lowest BCUT2D eigenvalue weighted by atomic mass is 10.1. The molecule has 3 N–H and O–H groups in total. The van der Waals surface area contributed by atoms with E-state index in [1.54, 1.807) is 0 Å². The molecule has 0 aliphatic heterocycles. The Kier molecular flexibility index (Phi) is 3.69. The number of nitrogens with two attached hydrogens (primary N) is 1. The van der Waals surface area contributed by atoms with Gasteiger partial charge in [-0.25, -0.2) is 5.84 Å². The Morgan fingerprint density at radius 3 is 2.77 bits per heavy atom. The molecule has 1 amide bonds. The first-order chi connectivity index (χ1) is 6.13. The van der Waals surface area contributed by atoms with Crippen LogP contribution >= 0.6 is 0 Å². The molecule has 13 heavy (non-hydrogen) atoms. The van der Waals surface area contributed by atoms with Crippen LogP contribution in [0.3, 0.4) is 0 Å². The predicted octanol–water partition coefficient (Wildman–Crippen LogP) is -0.0458. The van der Waals surface area contributed by atoms with E-state index in [0.29, 0.717) is 0 Å². The van der Waals surface area contributed by atoms with Crippen LogP contribution < -0.4 is 11.3 Å². The number of carbonyl (C=O) groups is 1. The van der Waals surface area contributed by atoms with Gasteiger partial charge in [0.15, 0.2) is 0 Å². The van der Waals surface area contributed by atoms with Crippen LogP contribution in [0.5, 0.6) is 0 Å². The van der Waals surface area contributed by atoms with E-state index in [9.17, 15) is 4.79 Å². The van der Waals surface area contributed by atoms with Gasteiger partial charge in [-0.3, -0.25) is 10.2 Å². The Morgan fingerprint density at radius 2 is 2.31 bits per heavy atom.